The Balaban J connectivity index is 2.31. The van der Waals surface area contributed by atoms with Crippen molar-refractivity contribution in [2.24, 2.45) is 5.92 Å². The number of hydrogen-bond donors (Lipinski definition) is 3. The van der Waals surface area contributed by atoms with Gasteiger partial charge < -0.3 is 20.5 Å². The smallest absolute Gasteiger partial charge is 0.329 e. The molecule has 0 aliphatic heterocycles. The topological polar surface area (TPSA) is 87.7 Å². The zero-order valence-corrected chi connectivity index (χ0v) is 13.1. The maximum Gasteiger partial charge on any atom is 0.329 e. The Kier molecular flexibility index (Phi) is 7.50. The molecule has 3 N–H and O–H groups in total. The van der Waals surface area contributed by atoms with E-state index in [1.807, 2.05) is 0 Å². The fourth-order valence-corrected chi connectivity index (χ4v) is 2.66. The summed E-state index contributed by atoms with van der Waals surface area (Å²) in [5, 5.41) is 14.9. The molecule has 1 saturated carbocycles. The number of ether oxygens (including phenoxy) is 1. The molecule has 0 saturated heterocycles. The fraction of sp³-hybridized carbons (Fsp3) is 0.867. The Labute approximate surface area is 126 Å². The molecular weight excluding hydrogens is 272 g/mol. The van der Waals surface area contributed by atoms with E-state index in [9.17, 15) is 14.7 Å². The number of rotatable bonds is 8. The van der Waals surface area contributed by atoms with E-state index in [4.69, 9.17) is 4.74 Å². The average molecular weight is 300 g/mol. The van der Waals surface area contributed by atoms with Gasteiger partial charge >= 0.3 is 12.0 Å². The third-order valence-corrected chi connectivity index (χ3v) is 4.20. The van der Waals surface area contributed by atoms with Crippen LogP contribution in [-0.2, 0) is 9.53 Å². The van der Waals surface area contributed by atoms with Crippen LogP contribution in [0.4, 0.5) is 4.79 Å². The van der Waals surface area contributed by atoms with Crippen LogP contribution in [0.1, 0.15) is 51.9 Å². The van der Waals surface area contributed by atoms with Gasteiger partial charge in [-0.05, 0) is 50.9 Å². The standard InChI is InChI=1S/C15H28N2O4/c1-12-6-8-15(9-7-12,13(18)19)17-14(20)16-10-4-3-5-11-21-2/h12H,3-11H2,1-2H3,(H,18,19)(H2,16,17,20). The van der Waals surface area contributed by atoms with E-state index in [1.165, 1.54) is 0 Å². The number of amides is 2. The predicted molar refractivity (Wildman–Crippen MR) is 80.3 cm³/mol. The minimum Gasteiger partial charge on any atom is -0.480 e. The molecule has 0 atom stereocenters. The number of hydrogen-bond acceptors (Lipinski definition) is 3. The van der Waals surface area contributed by atoms with Gasteiger partial charge in [-0.15, -0.1) is 0 Å². The molecular formula is C15H28N2O4. The number of nitrogens with one attached hydrogen (secondary N) is 2. The molecule has 0 aromatic carbocycles. The highest BCUT2D eigenvalue weighted by atomic mass is 16.5. The molecule has 0 bridgehead atoms. The maximum absolute atomic E-state index is 11.9. The number of carboxylic acid groups (broad SMARTS) is 1. The Hall–Kier alpha value is -1.30. The molecule has 0 aromatic heterocycles. The Morgan fingerprint density at radius 1 is 1.24 bits per heavy atom. The molecule has 21 heavy (non-hydrogen) atoms. The predicted octanol–water partition coefficient (Wildman–Crippen LogP) is 2.14. The summed E-state index contributed by atoms with van der Waals surface area (Å²) in [5.41, 5.74) is -1.09. The largest absolute Gasteiger partial charge is 0.480 e. The number of carbonyl (C=O) groups is 2. The first-order valence-corrected chi connectivity index (χ1v) is 7.78. The van der Waals surface area contributed by atoms with Crippen LogP contribution in [0.15, 0.2) is 0 Å². The van der Waals surface area contributed by atoms with Crippen molar-refractivity contribution in [2.75, 3.05) is 20.3 Å². The van der Waals surface area contributed by atoms with Gasteiger partial charge in [-0.1, -0.05) is 6.92 Å². The quantitative estimate of drug-likeness (QED) is 0.599. The van der Waals surface area contributed by atoms with Gasteiger partial charge in [0.25, 0.3) is 0 Å². The molecule has 1 rings (SSSR count). The van der Waals surface area contributed by atoms with Gasteiger partial charge in [0.1, 0.15) is 5.54 Å². The van der Waals surface area contributed by atoms with Crippen LogP contribution >= 0.6 is 0 Å². The summed E-state index contributed by atoms with van der Waals surface area (Å²) in [7, 11) is 1.67. The van der Waals surface area contributed by atoms with Crippen LogP contribution in [0, 0.1) is 5.92 Å². The SMILES string of the molecule is COCCCCCNC(=O)NC1(C(=O)O)CCC(C)CC1. The first kappa shape index (κ1) is 17.8. The lowest BCUT2D eigenvalue weighted by Crippen LogP contribution is -2.58. The molecule has 122 valence electrons. The lowest BCUT2D eigenvalue weighted by Gasteiger charge is -2.36. The van der Waals surface area contributed by atoms with E-state index in [1.54, 1.807) is 7.11 Å². The zero-order valence-electron chi connectivity index (χ0n) is 13.1. The van der Waals surface area contributed by atoms with Gasteiger partial charge in [-0.25, -0.2) is 9.59 Å². The summed E-state index contributed by atoms with van der Waals surface area (Å²) in [5.74, 6) is -0.396. The Morgan fingerprint density at radius 3 is 2.48 bits per heavy atom. The number of unbranched alkanes of at least 4 members (excludes halogenated alkanes) is 2. The van der Waals surface area contributed by atoms with Crippen LogP contribution in [0.25, 0.3) is 0 Å². The van der Waals surface area contributed by atoms with E-state index < -0.39 is 11.5 Å². The molecule has 0 heterocycles. The Bertz CT molecular complexity index is 339. The lowest BCUT2D eigenvalue weighted by molar-refractivity contribution is -0.146. The number of aliphatic carboxylic acids is 1. The van der Waals surface area contributed by atoms with Gasteiger partial charge in [0, 0.05) is 20.3 Å². The zero-order chi connectivity index (χ0) is 15.7. The van der Waals surface area contributed by atoms with E-state index in [0.717, 1.165) is 38.7 Å². The van der Waals surface area contributed by atoms with Crippen LogP contribution in [-0.4, -0.2) is 42.9 Å². The second kappa shape index (κ2) is 8.87. The molecule has 0 aromatic rings. The minimum atomic E-state index is -1.09. The molecule has 0 radical (unpaired) electrons. The summed E-state index contributed by atoms with van der Waals surface area (Å²) in [6.07, 6.45) is 5.50. The molecule has 0 spiro atoms. The van der Waals surface area contributed by atoms with Gasteiger partial charge in [0.2, 0.25) is 0 Å². The summed E-state index contributed by atoms with van der Waals surface area (Å²) in [6, 6.07) is -0.376. The van der Waals surface area contributed by atoms with E-state index in [-0.39, 0.29) is 6.03 Å². The molecule has 2 amide bonds. The monoisotopic (exact) mass is 300 g/mol. The number of carboxylic acids is 1. The number of carbonyl (C=O) groups excluding carboxylic acids is 1. The highest BCUT2D eigenvalue weighted by molar-refractivity contribution is 5.86. The molecule has 1 fully saturated rings. The van der Waals surface area contributed by atoms with Crippen LogP contribution in [0.2, 0.25) is 0 Å². The fourth-order valence-electron chi connectivity index (χ4n) is 2.66. The first-order valence-electron chi connectivity index (χ1n) is 7.78. The van der Waals surface area contributed by atoms with Crippen molar-refractivity contribution in [1.82, 2.24) is 10.6 Å². The van der Waals surface area contributed by atoms with Crippen molar-refractivity contribution in [1.29, 1.82) is 0 Å². The minimum absolute atomic E-state index is 0.376. The van der Waals surface area contributed by atoms with Crippen LogP contribution in [0.5, 0.6) is 0 Å². The maximum atomic E-state index is 11.9. The molecule has 1 aliphatic rings. The number of urea groups is 1. The van der Waals surface area contributed by atoms with E-state index in [2.05, 4.69) is 17.6 Å². The van der Waals surface area contributed by atoms with Gasteiger partial charge in [0.15, 0.2) is 0 Å². The highest BCUT2D eigenvalue weighted by Crippen LogP contribution is 2.32. The highest BCUT2D eigenvalue weighted by Gasteiger charge is 2.42. The summed E-state index contributed by atoms with van der Waals surface area (Å²) in [4.78, 5) is 23.4. The van der Waals surface area contributed by atoms with Gasteiger partial charge in [0.05, 0.1) is 0 Å². The van der Waals surface area contributed by atoms with Crippen molar-refractivity contribution in [3.05, 3.63) is 0 Å². The van der Waals surface area contributed by atoms with E-state index >= 15 is 0 Å². The summed E-state index contributed by atoms with van der Waals surface area (Å²) >= 11 is 0. The molecule has 6 nitrogen and oxygen atoms in total. The normalized spacial score (nSPS) is 25.3. The third-order valence-electron chi connectivity index (χ3n) is 4.20. The number of methoxy groups -OCH3 is 1. The first-order chi connectivity index (χ1) is 10.00. The van der Waals surface area contributed by atoms with Crippen molar-refractivity contribution >= 4 is 12.0 Å². The molecule has 0 unspecified atom stereocenters. The van der Waals surface area contributed by atoms with Crippen molar-refractivity contribution in [3.63, 3.8) is 0 Å². The van der Waals surface area contributed by atoms with E-state index in [0.29, 0.717) is 25.3 Å². The molecule has 6 heteroatoms. The van der Waals surface area contributed by atoms with Crippen molar-refractivity contribution in [2.45, 2.75) is 57.4 Å². The average Bonchev–Trinajstić information content (AvgIpc) is 2.45. The third kappa shape index (κ3) is 5.91. The second-order valence-electron chi connectivity index (χ2n) is 6.00. The molecule has 1 aliphatic carbocycles. The van der Waals surface area contributed by atoms with Crippen molar-refractivity contribution < 1.29 is 19.4 Å². The summed E-state index contributed by atoms with van der Waals surface area (Å²) < 4.78 is 4.95. The van der Waals surface area contributed by atoms with Crippen molar-refractivity contribution in [3.8, 4) is 0 Å². The lowest BCUT2D eigenvalue weighted by atomic mass is 9.77. The van der Waals surface area contributed by atoms with Gasteiger partial charge in [-0.3, -0.25) is 0 Å². The van der Waals surface area contributed by atoms with Crippen LogP contribution < -0.4 is 10.6 Å². The second-order valence-corrected chi connectivity index (χ2v) is 6.00. The summed E-state index contributed by atoms with van der Waals surface area (Å²) in [6.45, 7) is 3.40. The Morgan fingerprint density at radius 2 is 1.90 bits per heavy atom. The van der Waals surface area contributed by atoms with Gasteiger partial charge in [-0.2, -0.15) is 0 Å². The van der Waals surface area contributed by atoms with Crippen LogP contribution in [0.3, 0.4) is 0 Å².